The molecule has 1 N–H and O–H groups in total. The Bertz CT molecular complexity index is 1190. The molecule has 1 aliphatic heterocycles. The number of hydrogen-bond acceptors (Lipinski definition) is 4. The first-order valence-electron chi connectivity index (χ1n) is 11.2. The van der Waals surface area contributed by atoms with E-state index in [1.807, 2.05) is 24.4 Å². The second kappa shape index (κ2) is 9.40. The van der Waals surface area contributed by atoms with Crippen molar-refractivity contribution >= 4 is 17.4 Å². The van der Waals surface area contributed by atoms with Crippen LogP contribution in [0.3, 0.4) is 0 Å². The third-order valence-electron chi connectivity index (χ3n) is 6.17. The Morgan fingerprint density at radius 3 is 2.68 bits per heavy atom. The van der Waals surface area contributed by atoms with Crippen LogP contribution in [0.1, 0.15) is 49.8 Å². The highest BCUT2D eigenvalue weighted by Gasteiger charge is 2.13. The predicted octanol–water partition coefficient (Wildman–Crippen LogP) is 4.81. The van der Waals surface area contributed by atoms with Gasteiger partial charge in [0.25, 0.3) is 5.56 Å². The maximum Gasteiger partial charge on any atom is 0.258 e. The number of likely N-dealkylation sites (N-methyl/N-ethyl adjacent to an activating group) is 1. The summed E-state index contributed by atoms with van der Waals surface area (Å²) in [6.45, 7) is 7.42. The highest BCUT2D eigenvalue weighted by atomic mass is 16.1. The molecule has 4 rings (SSSR count). The van der Waals surface area contributed by atoms with Crippen LogP contribution in [-0.4, -0.2) is 40.1 Å². The van der Waals surface area contributed by atoms with Crippen LogP contribution in [0.2, 0.25) is 0 Å². The minimum absolute atomic E-state index is 0.0834. The average Bonchev–Trinajstić information content (AvgIpc) is 2.82. The molecule has 0 bridgehead atoms. The highest BCUT2D eigenvalue weighted by Crippen LogP contribution is 2.24. The van der Waals surface area contributed by atoms with Gasteiger partial charge in [-0.15, -0.1) is 0 Å². The second-order valence-electron chi connectivity index (χ2n) is 8.16. The van der Waals surface area contributed by atoms with Gasteiger partial charge in [0.15, 0.2) is 0 Å². The molecule has 2 aromatic heterocycles. The van der Waals surface area contributed by atoms with Gasteiger partial charge >= 0.3 is 0 Å². The van der Waals surface area contributed by atoms with Gasteiger partial charge in [-0.2, -0.15) is 0 Å². The number of nitrogens with one attached hydrogen (secondary N) is 1. The number of fused-ring (bicyclic) bond motifs is 1. The first kappa shape index (κ1) is 21.2. The molecule has 0 saturated heterocycles. The third-order valence-corrected chi connectivity index (χ3v) is 6.17. The monoisotopic (exact) mass is 414 g/mol. The van der Waals surface area contributed by atoms with Crippen molar-refractivity contribution < 1.29 is 0 Å². The normalized spacial score (nSPS) is 14.6. The van der Waals surface area contributed by atoms with Gasteiger partial charge in [0.1, 0.15) is 5.65 Å². The number of unbranched alkanes of at least 4 members (excludes halogenated alkanes) is 1. The van der Waals surface area contributed by atoms with Gasteiger partial charge in [0.05, 0.1) is 5.69 Å². The molecule has 0 atom stereocenters. The lowest BCUT2D eigenvalue weighted by molar-refractivity contribution is 0.318. The van der Waals surface area contributed by atoms with Crippen molar-refractivity contribution in [3.63, 3.8) is 0 Å². The summed E-state index contributed by atoms with van der Waals surface area (Å²) >= 11 is 0. The van der Waals surface area contributed by atoms with Crippen LogP contribution >= 0.6 is 0 Å². The molecule has 1 aromatic carbocycles. The summed E-state index contributed by atoms with van der Waals surface area (Å²) in [5, 5.41) is 7.78. The van der Waals surface area contributed by atoms with Crippen LogP contribution in [0.25, 0.3) is 22.5 Å². The standard InChI is InChI=1S/C26H30N4O/c1-3-5-6-19-7-8-21(15-23(19)17-27)24-16-26(31)30-18-22(9-10-25(30)28-24)20-11-13-29(4-2)14-12-20/h7-11,15-18,27H,3-6,12-14H2,1-2H3. The van der Waals surface area contributed by atoms with Crippen LogP contribution in [0.5, 0.6) is 0 Å². The van der Waals surface area contributed by atoms with Crippen LogP contribution in [0.4, 0.5) is 0 Å². The molecule has 1 aliphatic rings. The second-order valence-corrected chi connectivity index (χ2v) is 8.16. The topological polar surface area (TPSA) is 61.5 Å². The fourth-order valence-electron chi connectivity index (χ4n) is 4.18. The molecule has 0 amide bonds. The summed E-state index contributed by atoms with van der Waals surface area (Å²) in [6, 6.07) is 11.6. The number of nitrogens with zero attached hydrogens (tertiary/aromatic N) is 3. The van der Waals surface area contributed by atoms with Gasteiger partial charge in [0, 0.05) is 37.1 Å². The lowest BCUT2D eigenvalue weighted by Crippen LogP contribution is -2.28. The van der Waals surface area contributed by atoms with Crippen molar-refractivity contribution in [3.05, 3.63) is 75.7 Å². The summed E-state index contributed by atoms with van der Waals surface area (Å²) in [7, 11) is 0. The molecule has 0 aliphatic carbocycles. The van der Waals surface area contributed by atoms with Gasteiger partial charge in [-0.25, -0.2) is 4.98 Å². The van der Waals surface area contributed by atoms with E-state index < -0.39 is 0 Å². The number of hydrogen-bond donors (Lipinski definition) is 1. The smallest absolute Gasteiger partial charge is 0.258 e. The zero-order valence-electron chi connectivity index (χ0n) is 18.4. The van der Waals surface area contributed by atoms with E-state index >= 15 is 0 Å². The summed E-state index contributed by atoms with van der Waals surface area (Å²) in [6.07, 6.45) is 9.76. The molecule has 3 aromatic rings. The molecule has 0 spiro atoms. The Morgan fingerprint density at radius 2 is 1.97 bits per heavy atom. The number of aryl methyl sites for hydroxylation is 1. The van der Waals surface area contributed by atoms with Crippen LogP contribution in [0, 0.1) is 5.41 Å². The maximum atomic E-state index is 12.9. The summed E-state index contributed by atoms with van der Waals surface area (Å²) < 4.78 is 1.64. The Labute approximate surface area is 183 Å². The Kier molecular flexibility index (Phi) is 6.42. The Balaban J connectivity index is 1.68. The molecule has 5 nitrogen and oxygen atoms in total. The van der Waals surface area contributed by atoms with Crippen molar-refractivity contribution in [1.29, 1.82) is 5.41 Å². The molecule has 0 unspecified atom stereocenters. The summed E-state index contributed by atoms with van der Waals surface area (Å²) in [5.74, 6) is 0. The molecule has 0 saturated carbocycles. The minimum atomic E-state index is -0.0834. The summed E-state index contributed by atoms with van der Waals surface area (Å²) in [5.41, 5.74) is 6.53. The highest BCUT2D eigenvalue weighted by molar-refractivity contribution is 5.82. The average molecular weight is 415 g/mol. The number of pyridine rings is 1. The Hall–Kier alpha value is -3.05. The Morgan fingerprint density at radius 1 is 1.13 bits per heavy atom. The van der Waals surface area contributed by atoms with E-state index in [0.717, 1.165) is 62.0 Å². The first-order chi connectivity index (χ1) is 15.1. The molecular formula is C26H30N4O. The number of benzene rings is 1. The first-order valence-corrected chi connectivity index (χ1v) is 11.2. The van der Waals surface area contributed by atoms with E-state index in [4.69, 9.17) is 10.4 Å². The summed E-state index contributed by atoms with van der Waals surface area (Å²) in [4.78, 5) is 20.1. The largest absolute Gasteiger partial charge is 0.308 e. The predicted molar refractivity (Wildman–Crippen MR) is 128 cm³/mol. The van der Waals surface area contributed by atoms with Crippen molar-refractivity contribution in [1.82, 2.24) is 14.3 Å². The van der Waals surface area contributed by atoms with E-state index in [2.05, 4.69) is 37.0 Å². The van der Waals surface area contributed by atoms with Gasteiger partial charge < -0.3 is 5.41 Å². The van der Waals surface area contributed by atoms with Gasteiger partial charge in [0.2, 0.25) is 0 Å². The third kappa shape index (κ3) is 4.52. The van der Waals surface area contributed by atoms with Crippen molar-refractivity contribution in [2.24, 2.45) is 0 Å². The molecule has 0 fully saturated rings. The SMILES string of the molecule is CCCCc1ccc(-c2cc(=O)n3cc(C4=CCN(CC)CC4)ccc3n2)cc1C=N. The van der Waals surface area contributed by atoms with Crippen LogP contribution in [-0.2, 0) is 6.42 Å². The maximum absolute atomic E-state index is 12.9. The van der Waals surface area contributed by atoms with E-state index in [-0.39, 0.29) is 5.56 Å². The number of aromatic nitrogens is 2. The fourth-order valence-corrected chi connectivity index (χ4v) is 4.18. The zero-order valence-corrected chi connectivity index (χ0v) is 18.4. The van der Waals surface area contributed by atoms with E-state index in [1.54, 1.807) is 10.5 Å². The van der Waals surface area contributed by atoms with Crippen LogP contribution in [0.15, 0.2) is 53.5 Å². The van der Waals surface area contributed by atoms with Gasteiger partial charge in [-0.3, -0.25) is 14.1 Å². The fraction of sp³-hybridized carbons (Fsp3) is 0.346. The van der Waals surface area contributed by atoms with E-state index in [0.29, 0.717) is 11.3 Å². The van der Waals surface area contributed by atoms with Gasteiger partial charge in [-0.05, 0) is 66.3 Å². The molecule has 0 radical (unpaired) electrons. The van der Waals surface area contributed by atoms with Crippen LogP contribution < -0.4 is 5.56 Å². The lowest BCUT2D eigenvalue weighted by Gasteiger charge is -2.25. The van der Waals surface area contributed by atoms with E-state index in [9.17, 15) is 4.79 Å². The molecule has 5 heteroatoms. The quantitative estimate of drug-likeness (QED) is 0.564. The number of rotatable bonds is 7. The lowest BCUT2D eigenvalue weighted by atomic mass is 9.98. The van der Waals surface area contributed by atoms with Crippen molar-refractivity contribution in [2.45, 2.75) is 39.5 Å². The minimum Gasteiger partial charge on any atom is -0.308 e. The van der Waals surface area contributed by atoms with E-state index in [1.165, 1.54) is 17.4 Å². The zero-order chi connectivity index (χ0) is 21.8. The van der Waals surface area contributed by atoms with Crippen molar-refractivity contribution in [3.8, 4) is 11.3 Å². The van der Waals surface area contributed by atoms with Gasteiger partial charge in [-0.1, -0.05) is 38.5 Å². The molecule has 31 heavy (non-hydrogen) atoms. The van der Waals surface area contributed by atoms with Crippen molar-refractivity contribution in [2.75, 3.05) is 19.6 Å². The molecule has 3 heterocycles. The molecule has 160 valence electrons. The molecular weight excluding hydrogens is 384 g/mol.